The topological polar surface area (TPSA) is 111 Å². The van der Waals surface area contributed by atoms with Crippen LogP contribution in [0.5, 0.6) is 5.88 Å². The first-order chi connectivity index (χ1) is 13.3. The number of aryl methyl sites for hydroxylation is 1. The third-order valence-corrected chi connectivity index (χ3v) is 4.03. The first-order valence-electron chi connectivity index (χ1n) is 9.13. The predicted molar refractivity (Wildman–Crippen MR) is 115 cm³/mol. The third kappa shape index (κ3) is 6.23. The zero-order valence-electron chi connectivity index (χ0n) is 17.6. The molecule has 0 saturated heterocycles. The van der Waals surface area contributed by atoms with Crippen LogP contribution in [0.15, 0.2) is 24.5 Å². The van der Waals surface area contributed by atoms with Crippen LogP contribution in [0, 0.1) is 23.6 Å². The summed E-state index contributed by atoms with van der Waals surface area (Å²) in [6.07, 6.45) is 2.99. The standard InChI is InChI=1S/C21H27FN4O3.CH4/c1-12-7-16(28-11-21(5,6)19(27)29-20(2,3)4)25-10-14(12)13-8-15(22)17(18(23)24)26-9-13;/h7-10H,11H2,1-6H3,(H3,23,24);1H4. The molecular formula is C22H31FN4O3. The van der Waals surface area contributed by atoms with Crippen molar-refractivity contribution < 1.29 is 18.7 Å². The maximum Gasteiger partial charge on any atom is 0.315 e. The molecule has 2 aromatic rings. The van der Waals surface area contributed by atoms with Crippen LogP contribution in [-0.4, -0.2) is 34.0 Å². The summed E-state index contributed by atoms with van der Waals surface area (Å²) in [4.78, 5) is 20.5. The van der Waals surface area contributed by atoms with Gasteiger partial charge in [-0.25, -0.2) is 14.4 Å². The van der Waals surface area contributed by atoms with Gasteiger partial charge in [-0.3, -0.25) is 10.2 Å². The van der Waals surface area contributed by atoms with E-state index >= 15 is 0 Å². The van der Waals surface area contributed by atoms with Crippen molar-refractivity contribution in [3.05, 3.63) is 41.6 Å². The van der Waals surface area contributed by atoms with Crippen molar-refractivity contribution in [3.63, 3.8) is 0 Å². The van der Waals surface area contributed by atoms with E-state index in [1.165, 1.54) is 12.3 Å². The summed E-state index contributed by atoms with van der Waals surface area (Å²) in [5.74, 6) is -1.11. The average molecular weight is 419 g/mol. The number of carbonyl (C=O) groups is 1. The molecule has 0 aromatic carbocycles. The summed E-state index contributed by atoms with van der Waals surface area (Å²) < 4.78 is 25.2. The number of nitrogens with one attached hydrogen (secondary N) is 1. The number of hydrogen-bond donors (Lipinski definition) is 2. The second-order valence-electron chi connectivity index (χ2n) is 8.48. The molecule has 3 N–H and O–H groups in total. The van der Waals surface area contributed by atoms with E-state index in [0.29, 0.717) is 17.0 Å². The van der Waals surface area contributed by atoms with Gasteiger partial charge in [0.1, 0.15) is 23.7 Å². The minimum absolute atomic E-state index is 0. The lowest BCUT2D eigenvalue weighted by Crippen LogP contribution is -2.37. The number of nitrogen functional groups attached to an aromatic ring is 1. The number of ether oxygens (including phenoxy) is 2. The van der Waals surface area contributed by atoms with E-state index in [4.69, 9.17) is 20.6 Å². The number of hydrogen-bond acceptors (Lipinski definition) is 6. The third-order valence-electron chi connectivity index (χ3n) is 4.03. The zero-order valence-corrected chi connectivity index (χ0v) is 17.6. The van der Waals surface area contributed by atoms with Crippen molar-refractivity contribution >= 4 is 11.8 Å². The minimum Gasteiger partial charge on any atom is -0.476 e. The Bertz CT molecular complexity index is 936. The van der Waals surface area contributed by atoms with Gasteiger partial charge in [-0.15, -0.1) is 0 Å². The van der Waals surface area contributed by atoms with Crippen LogP contribution >= 0.6 is 0 Å². The van der Waals surface area contributed by atoms with Gasteiger partial charge in [0.25, 0.3) is 0 Å². The molecule has 2 rings (SSSR count). The summed E-state index contributed by atoms with van der Waals surface area (Å²) in [6, 6.07) is 2.97. The van der Waals surface area contributed by atoms with E-state index in [2.05, 4.69) is 9.97 Å². The fourth-order valence-electron chi connectivity index (χ4n) is 2.42. The summed E-state index contributed by atoms with van der Waals surface area (Å²) in [6.45, 7) is 10.8. The molecule has 2 aromatic heterocycles. The summed E-state index contributed by atoms with van der Waals surface area (Å²) in [5, 5.41) is 7.31. The molecule has 0 aliphatic heterocycles. The van der Waals surface area contributed by atoms with E-state index in [1.807, 2.05) is 27.7 Å². The fraction of sp³-hybridized carbons (Fsp3) is 0.455. The van der Waals surface area contributed by atoms with Gasteiger partial charge in [0, 0.05) is 29.6 Å². The van der Waals surface area contributed by atoms with Gasteiger partial charge in [0.15, 0.2) is 5.82 Å². The molecule has 0 aliphatic rings. The van der Waals surface area contributed by atoms with Crippen molar-refractivity contribution in [2.24, 2.45) is 11.1 Å². The van der Waals surface area contributed by atoms with E-state index < -0.39 is 22.7 Å². The Morgan fingerprint density at radius 3 is 2.30 bits per heavy atom. The van der Waals surface area contributed by atoms with Crippen molar-refractivity contribution in [2.75, 3.05) is 6.61 Å². The number of carbonyl (C=O) groups excluding carboxylic acids is 1. The highest BCUT2D eigenvalue weighted by molar-refractivity contribution is 5.93. The quantitative estimate of drug-likeness (QED) is 0.412. The van der Waals surface area contributed by atoms with Crippen LogP contribution in [0.2, 0.25) is 0 Å². The number of pyridine rings is 2. The van der Waals surface area contributed by atoms with Gasteiger partial charge < -0.3 is 15.2 Å². The fourth-order valence-corrected chi connectivity index (χ4v) is 2.42. The van der Waals surface area contributed by atoms with Crippen LogP contribution in [0.25, 0.3) is 11.1 Å². The van der Waals surface area contributed by atoms with Crippen LogP contribution in [0.4, 0.5) is 4.39 Å². The smallest absolute Gasteiger partial charge is 0.315 e. The lowest BCUT2D eigenvalue weighted by atomic mass is 9.94. The lowest BCUT2D eigenvalue weighted by molar-refractivity contribution is -0.167. The Morgan fingerprint density at radius 1 is 1.17 bits per heavy atom. The molecule has 0 aliphatic carbocycles. The maximum atomic E-state index is 14.1. The Kier molecular flexibility index (Phi) is 7.66. The zero-order chi connectivity index (χ0) is 22.0. The monoisotopic (exact) mass is 418 g/mol. The molecule has 0 radical (unpaired) electrons. The van der Waals surface area contributed by atoms with Crippen LogP contribution in [-0.2, 0) is 9.53 Å². The SMILES string of the molecule is C.Cc1cc(OCC(C)(C)C(=O)OC(C)(C)C)ncc1-c1cnc(C(=N)N)c(F)c1. The predicted octanol–water partition coefficient (Wildman–Crippen LogP) is 4.26. The van der Waals surface area contributed by atoms with Crippen molar-refractivity contribution in [1.29, 1.82) is 5.41 Å². The van der Waals surface area contributed by atoms with Gasteiger partial charge in [0.05, 0.1) is 5.41 Å². The second kappa shape index (κ2) is 9.19. The van der Waals surface area contributed by atoms with Crippen LogP contribution in [0.1, 0.15) is 53.3 Å². The Morgan fingerprint density at radius 2 is 1.80 bits per heavy atom. The van der Waals surface area contributed by atoms with E-state index in [-0.39, 0.29) is 25.7 Å². The number of halogens is 1. The highest BCUT2D eigenvalue weighted by atomic mass is 19.1. The molecule has 0 atom stereocenters. The largest absolute Gasteiger partial charge is 0.476 e. The Labute approximate surface area is 177 Å². The van der Waals surface area contributed by atoms with Gasteiger partial charge in [0.2, 0.25) is 5.88 Å². The van der Waals surface area contributed by atoms with E-state index in [0.717, 1.165) is 5.56 Å². The lowest BCUT2D eigenvalue weighted by Gasteiger charge is -2.28. The summed E-state index contributed by atoms with van der Waals surface area (Å²) in [5.41, 5.74) is 5.65. The summed E-state index contributed by atoms with van der Waals surface area (Å²) >= 11 is 0. The molecule has 164 valence electrons. The number of aromatic nitrogens is 2. The van der Waals surface area contributed by atoms with Crippen molar-refractivity contribution in [2.45, 2.75) is 54.6 Å². The van der Waals surface area contributed by atoms with Gasteiger partial charge >= 0.3 is 5.97 Å². The molecular weight excluding hydrogens is 387 g/mol. The van der Waals surface area contributed by atoms with Crippen molar-refractivity contribution in [3.8, 4) is 17.0 Å². The molecule has 0 amide bonds. The van der Waals surface area contributed by atoms with Gasteiger partial charge in [-0.2, -0.15) is 0 Å². The molecule has 0 bridgehead atoms. The molecule has 8 heteroatoms. The molecule has 0 spiro atoms. The number of amidine groups is 1. The van der Waals surface area contributed by atoms with Gasteiger partial charge in [-0.1, -0.05) is 7.43 Å². The molecule has 0 saturated carbocycles. The van der Waals surface area contributed by atoms with E-state index in [1.54, 1.807) is 26.1 Å². The minimum atomic E-state index is -0.850. The highest BCUT2D eigenvalue weighted by Crippen LogP contribution is 2.27. The van der Waals surface area contributed by atoms with Crippen molar-refractivity contribution in [1.82, 2.24) is 9.97 Å². The molecule has 7 nitrogen and oxygen atoms in total. The number of rotatable bonds is 6. The highest BCUT2D eigenvalue weighted by Gasteiger charge is 2.33. The molecule has 0 fully saturated rings. The number of nitrogens with zero attached hydrogens (tertiary/aromatic N) is 2. The van der Waals surface area contributed by atoms with Crippen LogP contribution in [0.3, 0.4) is 0 Å². The Balaban J connectivity index is 0.00000450. The molecule has 0 unspecified atom stereocenters. The second-order valence-corrected chi connectivity index (χ2v) is 8.48. The molecule has 2 heterocycles. The average Bonchev–Trinajstić information content (AvgIpc) is 2.58. The number of esters is 1. The van der Waals surface area contributed by atoms with Crippen LogP contribution < -0.4 is 10.5 Å². The first kappa shape index (κ1) is 25.0. The maximum absolute atomic E-state index is 14.1. The molecule has 30 heavy (non-hydrogen) atoms. The normalized spacial score (nSPS) is 11.4. The van der Waals surface area contributed by atoms with E-state index in [9.17, 15) is 9.18 Å². The Hall–Kier alpha value is -3.03. The van der Waals surface area contributed by atoms with Gasteiger partial charge in [-0.05, 0) is 53.2 Å². The number of nitrogens with two attached hydrogens (primary N) is 1. The first-order valence-corrected chi connectivity index (χ1v) is 9.13. The summed E-state index contributed by atoms with van der Waals surface area (Å²) in [7, 11) is 0.